The first kappa shape index (κ1) is 13.8. The molecule has 1 aromatic carbocycles. The quantitative estimate of drug-likeness (QED) is 0.636. The Kier molecular flexibility index (Phi) is 4.04. The highest BCUT2D eigenvalue weighted by atomic mass is 32.2. The third-order valence-electron chi connectivity index (χ3n) is 2.70. The van der Waals surface area contributed by atoms with Gasteiger partial charge in [0.05, 0.1) is 16.7 Å². The van der Waals surface area contributed by atoms with Crippen molar-refractivity contribution in [1.82, 2.24) is 9.55 Å². The van der Waals surface area contributed by atoms with Crippen LogP contribution in [0.4, 0.5) is 0 Å². The van der Waals surface area contributed by atoms with Gasteiger partial charge in [0.15, 0.2) is 5.16 Å². The van der Waals surface area contributed by atoms with Gasteiger partial charge in [-0.2, -0.15) is 0 Å². The number of nitrogens with zero attached hydrogens (tertiary/aromatic N) is 2. The van der Waals surface area contributed by atoms with Crippen LogP contribution >= 0.6 is 11.8 Å². The zero-order valence-corrected chi connectivity index (χ0v) is 12.0. The minimum absolute atomic E-state index is 0.0130. The second-order valence-corrected chi connectivity index (χ2v) is 5.61. The van der Waals surface area contributed by atoms with Gasteiger partial charge in [0.1, 0.15) is 5.78 Å². The van der Waals surface area contributed by atoms with Crippen molar-refractivity contribution >= 4 is 28.4 Å². The van der Waals surface area contributed by atoms with Crippen molar-refractivity contribution in [3.8, 4) is 0 Å². The standard InChI is InChI=1S/C14H16N2O2S/c1-9(2)16-13(18)11-6-4-5-7-12(11)15-14(16)19-8-10(3)17/h4-7,9H,8H2,1-3H3. The number of carbonyl (C=O) groups is 1. The monoisotopic (exact) mass is 276 g/mol. The van der Waals surface area contributed by atoms with Gasteiger partial charge in [-0.1, -0.05) is 23.9 Å². The highest BCUT2D eigenvalue weighted by Gasteiger charge is 2.14. The Morgan fingerprint density at radius 2 is 2.05 bits per heavy atom. The van der Waals surface area contributed by atoms with Gasteiger partial charge < -0.3 is 0 Å². The highest BCUT2D eigenvalue weighted by molar-refractivity contribution is 7.99. The van der Waals surface area contributed by atoms with Crippen LogP contribution in [0.15, 0.2) is 34.2 Å². The minimum atomic E-state index is -0.0494. The van der Waals surface area contributed by atoms with E-state index in [2.05, 4.69) is 4.98 Å². The molecule has 1 heterocycles. The molecule has 5 heteroatoms. The summed E-state index contributed by atoms with van der Waals surface area (Å²) >= 11 is 1.31. The number of ketones is 1. The van der Waals surface area contributed by atoms with E-state index in [1.54, 1.807) is 10.6 Å². The first-order chi connectivity index (χ1) is 9.00. The molecule has 0 saturated heterocycles. The number of thioether (sulfide) groups is 1. The van der Waals surface area contributed by atoms with Crippen LogP contribution in [0.1, 0.15) is 26.8 Å². The average Bonchev–Trinajstić information content (AvgIpc) is 2.36. The molecular weight excluding hydrogens is 260 g/mol. The Morgan fingerprint density at radius 1 is 1.37 bits per heavy atom. The molecule has 1 aromatic heterocycles. The van der Waals surface area contributed by atoms with Gasteiger partial charge in [-0.3, -0.25) is 14.2 Å². The maximum absolute atomic E-state index is 12.5. The summed E-state index contributed by atoms with van der Waals surface area (Å²) in [5, 5.41) is 1.22. The predicted octanol–water partition coefficient (Wildman–Crippen LogP) is 2.66. The van der Waals surface area contributed by atoms with E-state index in [1.807, 2.05) is 32.0 Å². The number of fused-ring (bicyclic) bond motifs is 1. The summed E-state index contributed by atoms with van der Waals surface area (Å²) < 4.78 is 1.65. The summed E-state index contributed by atoms with van der Waals surface area (Å²) in [5.41, 5.74) is 0.627. The van der Waals surface area contributed by atoms with Crippen LogP contribution in [0, 0.1) is 0 Å². The Hall–Kier alpha value is -1.62. The molecule has 0 bridgehead atoms. The molecule has 0 N–H and O–H groups in total. The summed E-state index contributed by atoms with van der Waals surface area (Å²) in [4.78, 5) is 28.1. The summed E-state index contributed by atoms with van der Waals surface area (Å²) in [7, 11) is 0. The first-order valence-electron chi connectivity index (χ1n) is 6.14. The Balaban J connectivity index is 2.63. The van der Waals surface area contributed by atoms with Crippen molar-refractivity contribution in [1.29, 1.82) is 0 Å². The van der Waals surface area contributed by atoms with E-state index >= 15 is 0 Å². The van der Waals surface area contributed by atoms with Crippen LogP contribution in [0.5, 0.6) is 0 Å². The van der Waals surface area contributed by atoms with Gasteiger partial charge in [-0.15, -0.1) is 0 Å². The molecule has 0 spiro atoms. The van der Waals surface area contributed by atoms with Gasteiger partial charge in [0.2, 0.25) is 0 Å². The van der Waals surface area contributed by atoms with Crippen molar-refractivity contribution in [2.45, 2.75) is 32.0 Å². The van der Waals surface area contributed by atoms with Crippen molar-refractivity contribution < 1.29 is 4.79 Å². The zero-order chi connectivity index (χ0) is 14.0. The number of para-hydroxylation sites is 1. The van der Waals surface area contributed by atoms with Gasteiger partial charge in [0.25, 0.3) is 5.56 Å². The summed E-state index contributed by atoms with van der Waals surface area (Å²) in [6, 6.07) is 7.30. The van der Waals surface area contributed by atoms with E-state index in [4.69, 9.17) is 0 Å². The molecule has 0 fully saturated rings. The third kappa shape index (κ3) is 2.87. The first-order valence-corrected chi connectivity index (χ1v) is 7.12. The van der Waals surface area contributed by atoms with Crippen LogP contribution in [-0.4, -0.2) is 21.1 Å². The van der Waals surface area contributed by atoms with Crippen LogP contribution in [-0.2, 0) is 4.79 Å². The van der Waals surface area contributed by atoms with Gasteiger partial charge in [-0.25, -0.2) is 4.98 Å². The van der Waals surface area contributed by atoms with E-state index in [0.29, 0.717) is 21.8 Å². The molecule has 2 aromatic rings. The highest BCUT2D eigenvalue weighted by Crippen LogP contribution is 2.20. The maximum atomic E-state index is 12.5. The van der Waals surface area contributed by atoms with Gasteiger partial charge in [0, 0.05) is 6.04 Å². The number of rotatable bonds is 4. The van der Waals surface area contributed by atoms with E-state index in [0.717, 1.165) is 0 Å². The second-order valence-electron chi connectivity index (χ2n) is 4.67. The zero-order valence-electron chi connectivity index (χ0n) is 11.2. The van der Waals surface area contributed by atoms with E-state index in [9.17, 15) is 9.59 Å². The Morgan fingerprint density at radius 3 is 2.68 bits per heavy atom. The average molecular weight is 276 g/mol. The minimum Gasteiger partial charge on any atom is -0.299 e. The summed E-state index contributed by atoms with van der Waals surface area (Å²) in [6.45, 7) is 5.41. The van der Waals surface area contributed by atoms with Crippen LogP contribution in [0.25, 0.3) is 10.9 Å². The molecule has 2 rings (SSSR count). The van der Waals surface area contributed by atoms with E-state index in [-0.39, 0.29) is 17.4 Å². The topological polar surface area (TPSA) is 52.0 Å². The van der Waals surface area contributed by atoms with E-state index < -0.39 is 0 Å². The lowest BCUT2D eigenvalue weighted by molar-refractivity contribution is -0.114. The smallest absolute Gasteiger partial charge is 0.262 e. The fourth-order valence-electron chi connectivity index (χ4n) is 1.85. The van der Waals surface area contributed by atoms with Crippen molar-refractivity contribution in [2.24, 2.45) is 0 Å². The molecule has 0 saturated carbocycles. The number of aromatic nitrogens is 2. The van der Waals surface area contributed by atoms with Crippen LogP contribution in [0.2, 0.25) is 0 Å². The van der Waals surface area contributed by atoms with Crippen LogP contribution < -0.4 is 5.56 Å². The van der Waals surface area contributed by atoms with Gasteiger partial charge >= 0.3 is 0 Å². The lowest BCUT2D eigenvalue weighted by atomic mass is 10.2. The number of carbonyl (C=O) groups excluding carboxylic acids is 1. The molecule has 0 radical (unpaired) electrons. The maximum Gasteiger partial charge on any atom is 0.262 e. The molecule has 0 aliphatic rings. The van der Waals surface area contributed by atoms with Crippen molar-refractivity contribution in [3.63, 3.8) is 0 Å². The lowest BCUT2D eigenvalue weighted by Gasteiger charge is -2.15. The SMILES string of the molecule is CC(=O)CSc1nc2ccccc2c(=O)n1C(C)C. The van der Waals surface area contributed by atoms with Crippen molar-refractivity contribution in [2.75, 3.05) is 5.75 Å². The Bertz CT molecular complexity index is 677. The molecule has 0 atom stereocenters. The molecule has 0 aliphatic carbocycles. The van der Waals surface area contributed by atoms with Crippen molar-refractivity contribution in [3.05, 3.63) is 34.6 Å². The Labute approximate surface area is 115 Å². The molecule has 100 valence electrons. The number of benzene rings is 1. The fraction of sp³-hybridized carbons (Fsp3) is 0.357. The summed E-state index contributed by atoms with van der Waals surface area (Å²) in [6.07, 6.45) is 0. The van der Waals surface area contributed by atoms with Crippen LogP contribution in [0.3, 0.4) is 0 Å². The number of hydrogen-bond donors (Lipinski definition) is 0. The predicted molar refractivity (Wildman–Crippen MR) is 77.8 cm³/mol. The fourth-order valence-corrected chi connectivity index (χ4v) is 2.78. The normalized spacial score (nSPS) is 11.2. The lowest BCUT2D eigenvalue weighted by Crippen LogP contribution is -2.25. The number of hydrogen-bond acceptors (Lipinski definition) is 4. The molecule has 0 amide bonds. The molecule has 0 aliphatic heterocycles. The third-order valence-corrected chi connectivity index (χ3v) is 3.79. The molecular formula is C14H16N2O2S. The van der Waals surface area contributed by atoms with E-state index in [1.165, 1.54) is 18.7 Å². The second kappa shape index (κ2) is 5.57. The molecule has 19 heavy (non-hydrogen) atoms. The molecule has 0 unspecified atom stereocenters. The largest absolute Gasteiger partial charge is 0.299 e. The molecule has 4 nitrogen and oxygen atoms in total. The number of Topliss-reactive ketones (excluding diaryl/α,β-unsaturated/α-hetero) is 1. The summed E-state index contributed by atoms with van der Waals surface area (Å²) in [5.74, 6) is 0.403. The van der Waals surface area contributed by atoms with Gasteiger partial charge in [-0.05, 0) is 32.9 Å².